The molecule has 0 bridgehead atoms. The number of aromatic nitrogens is 1. The fourth-order valence-electron chi connectivity index (χ4n) is 1.61. The molecular weight excluding hydrogens is 287 g/mol. The third kappa shape index (κ3) is 3.16. The molecule has 0 aliphatic heterocycles. The Labute approximate surface area is 119 Å². The Kier molecular flexibility index (Phi) is 3.93. The minimum Gasteiger partial charge on any atom is -0.326 e. The molecule has 0 spiro atoms. The summed E-state index contributed by atoms with van der Waals surface area (Å²) in [7, 11) is 0. The van der Waals surface area contributed by atoms with E-state index in [1.165, 1.54) is 6.07 Å². The first-order valence-corrected chi connectivity index (χ1v) is 6.19. The van der Waals surface area contributed by atoms with Crippen LogP contribution in [0.15, 0.2) is 35.1 Å². The first kappa shape index (κ1) is 13.6. The van der Waals surface area contributed by atoms with Crippen LogP contribution in [0.1, 0.15) is 16.1 Å². The van der Waals surface area contributed by atoms with Gasteiger partial charge in [-0.15, -0.1) is 0 Å². The van der Waals surface area contributed by atoms with E-state index in [4.69, 9.17) is 23.2 Å². The molecule has 6 heteroatoms. The number of nitrogens with one attached hydrogen (secondary N) is 2. The zero-order chi connectivity index (χ0) is 14.0. The lowest BCUT2D eigenvalue weighted by atomic mass is 10.2. The largest absolute Gasteiger partial charge is 0.326 e. The maximum atomic E-state index is 12.0. The molecule has 0 unspecified atom stereocenters. The summed E-state index contributed by atoms with van der Waals surface area (Å²) in [6, 6.07) is 7.73. The van der Waals surface area contributed by atoms with Crippen LogP contribution in [-0.2, 0) is 0 Å². The van der Waals surface area contributed by atoms with Crippen LogP contribution < -0.4 is 10.9 Å². The van der Waals surface area contributed by atoms with Crippen LogP contribution in [0.3, 0.4) is 0 Å². The molecule has 2 N–H and O–H groups in total. The fraction of sp³-hybridized carbons (Fsp3) is 0.0769. The van der Waals surface area contributed by atoms with Gasteiger partial charge in [-0.1, -0.05) is 29.3 Å². The second kappa shape index (κ2) is 5.47. The molecule has 19 heavy (non-hydrogen) atoms. The van der Waals surface area contributed by atoms with Crippen molar-refractivity contribution in [2.24, 2.45) is 0 Å². The predicted octanol–water partition coefficient (Wildman–Crippen LogP) is 3.24. The number of hydrogen-bond donors (Lipinski definition) is 2. The third-order valence-corrected chi connectivity index (χ3v) is 3.26. The van der Waals surface area contributed by atoms with Crippen molar-refractivity contribution >= 4 is 34.8 Å². The van der Waals surface area contributed by atoms with E-state index in [2.05, 4.69) is 10.3 Å². The second-order valence-electron chi connectivity index (χ2n) is 3.97. The molecule has 4 nitrogen and oxygen atoms in total. The van der Waals surface area contributed by atoms with E-state index in [9.17, 15) is 9.59 Å². The molecule has 0 saturated carbocycles. The molecule has 0 aliphatic rings. The molecule has 2 rings (SSSR count). The van der Waals surface area contributed by atoms with Gasteiger partial charge >= 0.3 is 0 Å². The highest BCUT2D eigenvalue weighted by Crippen LogP contribution is 2.29. The van der Waals surface area contributed by atoms with E-state index in [0.717, 1.165) is 0 Å². The standard InChI is InChI=1S/C13H10Cl2N2O2/c1-7-5-8(6-11(18)16-7)13(19)17-10-4-2-3-9(14)12(10)15/h2-6H,1H3,(H,16,18)(H,17,19). The van der Waals surface area contributed by atoms with Gasteiger partial charge in [0, 0.05) is 17.3 Å². The monoisotopic (exact) mass is 296 g/mol. The van der Waals surface area contributed by atoms with E-state index >= 15 is 0 Å². The van der Waals surface area contributed by atoms with Gasteiger partial charge in [-0.3, -0.25) is 9.59 Å². The molecule has 1 amide bonds. The van der Waals surface area contributed by atoms with Gasteiger partial charge in [0.1, 0.15) is 0 Å². The Morgan fingerprint density at radius 2 is 2.00 bits per heavy atom. The van der Waals surface area contributed by atoms with Crippen molar-refractivity contribution in [3.63, 3.8) is 0 Å². The minimum absolute atomic E-state index is 0.261. The third-order valence-electron chi connectivity index (χ3n) is 2.44. The molecule has 2 aromatic rings. The topological polar surface area (TPSA) is 62.0 Å². The lowest BCUT2D eigenvalue weighted by Crippen LogP contribution is -2.17. The van der Waals surface area contributed by atoms with Crippen molar-refractivity contribution < 1.29 is 4.79 Å². The van der Waals surface area contributed by atoms with E-state index in [1.54, 1.807) is 31.2 Å². The van der Waals surface area contributed by atoms with E-state index in [1.807, 2.05) is 0 Å². The summed E-state index contributed by atoms with van der Waals surface area (Å²) in [5, 5.41) is 3.23. The quantitative estimate of drug-likeness (QED) is 0.894. The number of aryl methyl sites for hydroxylation is 1. The summed E-state index contributed by atoms with van der Waals surface area (Å²) in [5.41, 5.74) is 0.937. The summed E-state index contributed by atoms with van der Waals surface area (Å²) in [5.74, 6) is -0.418. The molecule has 0 aliphatic carbocycles. The maximum Gasteiger partial charge on any atom is 0.255 e. The predicted molar refractivity (Wildman–Crippen MR) is 76.2 cm³/mol. The van der Waals surface area contributed by atoms with Crippen LogP contribution in [0.5, 0.6) is 0 Å². The Hall–Kier alpha value is -1.78. The van der Waals surface area contributed by atoms with Gasteiger partial charge in [-0.25, -0.2) is 0 Å². The molecule has 0 radical (unpaired) electrons. The minimum atomic E-state index is -0.418. The summed E-state index contributed by atoms with van der Waals surface area (Å²) in [6.07, 6.45) is 0. The van der Waals surface area contributed by atoms with Crippen molar-refractivity contribution in [1.29, 1.82) is 0 Å². The average molecular weight is 297 g/mol. The summed E-state index contributed by atoms with van der Waals surface area (Å²) >= 11 is 11.8. The van der Waals surface area contributed by atoms with E-state index < -0.39 is 5.91 Å². The lowest BCUT2D eigenvalue weighted by Gasteiger charge is -2.08. The van der Waals surface area contributed by atoms with Gasteiger partial charge < -0.3 is 10.3 Å². The van der Waals surface area contributed by atoms with E-state index in [0.29, 0.717) is 16.4 Å². The molecule has 0 fully saturated rings. The Morgan fingerprint density at radius 1 is 1.26 bits per heavy atom. The highest BCUT2D eigenvalue weighted by atomic mass is 35.5. The normalized spacial score (nSPS) is 10.3. The lowest BCUT2D eigenvalue weighted by molar-refractivity contribution is 0.102. The summed E-state index contributed by atoms with van der Waals surface area (Å²) in [4.78, 5) is 25.9. The maximum absolute atomic E-state index is 12.0. The van der Waals surface area contributed by atoms with Gasteiger partial charge in [0.2, 0.25) is 5.56 Å². The number of aromatic amines is 1. The van der Waals surface area contributed by atoms with Crippen molar-refractivity contribution in [3.05, 3.63) is 62.0 Å². The van der Waals surface area contributed by atoms with Crippen LogP contribution in [0.25, 0.3) is 0 Å². The number of amides is 1. The zero-order valence-electron chi connectivity index (χ0n) is 9.96. The number of carbonyl (C=O) groups is 1. The van der Waals surface area contributed by atoms with Gasteiger partial charge in [0.25, 0.3) is 5.91 Å². The Morgan fingerprint density at radius 3 is 2.68 bits per heavy atom. The van der Waals surface area contributed by atoms with Gasteiger partial charge in [-0.2, -0.15) is 0 Å². The number of pyridine rings is 1. The summed E-state index contributed by atoms with van der Waals surface area (Å²) in [6.45, 7) is 1.70. The molecule has 0 saturated heterocycles. The van der Waals surface area contributed by atoms with Crippen molar-refractivity contribution in [1.82, 2.24) is 4.98 Å². The number of halogens is 2. The molecule has 1 heterocycles. The number of anilines is 1. The van der Waals surface area contributed by atoms with Crippen molar-refractivity contribution in [2.75, 3.05) is 5.32 Å². The van der Waals surface area contributed by atoms with Crippen LogP contribution in [0, 0.1) is 6.92 Å². The highest BCUT2D eigenvalue weighted by Gasteiger charge is 2.11. The zero-order valence-corrected chi connectivity index (χ0v) is 11.5. The SMILES string of the molecule is Cc1cc(C(=O)Nc2cccc(Cl)c2Cl)cc(=O)[nH]1. The van der Waals surface area contributed by atoms with Crippen LogP contribution in [0.4, 0.5) is 5.69 Å². The molecule has 98 valence electrons. The fourth-order valence-corrected chi connectivity index (χ4v) is 1.96. The number of H-pyrrole nitrogens is 1. The first-order chi connectivity index (χ1) is 8.97. The molecular formula is C13H10Cl2N2O2. The number of benzene rings is 1. The summed E-state index contributed by atoms with van der Waals surface area (Å²) < 4.78 is 0. The molecule has 1 aromatic heterocycles. The smallest absolute Gasteiger partial charge is 0.255 e. The number of hydrogen-bond acceptors (Lipinski definition) is 2. The van der Waals surface area contributed by atoms with Crippen molar-refractivity contribution in [2.45, 2.75) is 6.92 Å². The van der Waals surface area contributed by atoms with E-state index in [-0.39, 0.29) is 16.1 Å². The number of rotatable bonds is 2. The Bertz CT molecular complexity index is 695. The molecule has 1 aromatic carbocycles. The van der Waals surface area contributed by atoms with Crippen LogP contribution >= 0.6 is 23.2 Å². The van der Waals surface area contributed by atoms with Crippen LogP contribution in [0.2, 0.25) is 10.0 Å². The van der Waals surface area contributed by atoms with Crippen LogP contribution in [-0.4, -0.2) is 10.9 Å². The first-order valence-electron chi connectivity index (χ1n) is 5.43. The van der Waals surface area contributed by atoms with Gasteiger partial charge in [-0.05, 0) is 25.1 Å². The van der Waals surface area contributed by atoms with Gasteiger partial charge in [0.15, 0.2) is 0 Å². The number of carbonyl (C=O) groups excluding carboxylic acids is 1. The highest BCUT2D eigenvalue weighted by molar-refractivity contribution is 6.44. The van der Waals surface area contributed by atoms with Crippen molar-refractivity contribution in [3.8, 4) is 0 Å². The average Bonchev–Trinajstić information content (AvgIpc) is 2.33. The Balaban J connectivity index is 2.31. The van der Waals surface area contributed by atoms with Gasteiger partial charge in [0.05, 0.1) is 15.7 Å². The second-order valence-corrected chi connectivity index (χ2v) is 4.76. The molecule has 0 atom stereocenters.